The van der Waals surface area contributed by atoms with Crippen molar-refractivity contribution < 1.29 is 9.53 Å². The molecule has 2 heterocycles. The van der Waals surface area contributed by atoms with E-state index >= 15 is 0 Å². The van der Waals surface area contributed by atoms with Gasteiger partial charge in [0.15, 0.2) is 5.78 Å². The van der Waals surface area contributed by atoms with Crippen molar-refractivity contribution in [3.05, 3.63) is 99.5 Å². The van der Waals surface area contributed by atoms with Crippen LogP contribution in [0.3, 0.4) is 0 Å². The van der Waals surface area contributed by atoms with E-state index in [0.717, 1.165) is 25.1 Å². The van der Waals surface area contributed by atoms with E-state index in [4.69, 9.17) is 4.74 Å². The molecule has 2 aromatic carbocycles. The Morgan fingerprint density at radius 3 is 2.66 bits per heavy atom. The van der Waals surface area contributed by atoms with Crippen LogP contribution in [0.5, 0.6) is 5.75 Å². The van der Waals surface area contributed by atoms with E-state index in [1.807, 2.05) is 48.5 Å². The molecule has 0 spiro atoms. The van der Waals surface area contributed by atoms with Crippen LogP contribution in [-0.2, 0) is 26.1 Å². The molecule has 29 heavy (non-hydrogen) atoms. The summed E-state index contributed by atoms with van der Waals surface area (Å²) in [6.45, 7) is 2.33. The van der Waals surface area contributed by atoms with Gasteiger partial charge >= 0.3 is 0 Å². The average molecular weight is 388 g/mol. The number of benzene rings is 2. The van der Waals surface area contributed by atoms with Crippen molar-refractivity contribution in [1.29, 1.82) is 0 Å². The first kappa shape index (κ1) is 19.2. The first-order chi connectivity index (χ1) is 14.1. The first-order valence-electron chi connectivity index (χ1n) is 9.79. The zero-order valence-corrected chi connectivity index (χ0v) is 16.5. The van der Waals surface area contributed by atoms with Gasteiger partial charge in [-0.3, -0.25) is 9.59 Å². The molecule has 3 aromatic rings. The smallest absolute Gasteiger partial charge is 0.254 e. The molecule has 1 aromatic heterocycles. The largest absolute Gasteiger partial charge is 0.489 e. The maximum Gasteiger partial charge on any atom is 0.254 e. The highest BCUT2D eigenvalue weighted by atomic mass is 16.5. The normalized spacial score (nSPS) is 13.7. The number of carbonyl (C=O) groups is 1. The number of carbonyl (C=O) groups excluding carboxylic acids is 1. The number of hydrogen-bond acceptors (Lipinski definition) is 4. The van der Waals surface area contributed by atoms with Gasteiger partial charge in [0.2, 0.25) is 0 Å². The first-order valence-corrected chi connectivity index (χ1v) is 9.79. The van der Waals surface area contributed by atoms with Gasteiger partial charge in [-0.05, 0) is 42.3 Å². The van der Waals surface area contributed by atoms with Crippen molar-refractivity contribution in [3.8, 4) is 5.75 Å². The van der Waals surface area contributed by atoms with E-state index in [9.17, 15) is 9.59 Å². The zero-order chi connectivity index (χ0) is 20.2. The number of rotatable bonds is 6. The second-order valence-electron chi connectivity index (χ2n) is 7.50. The second-order valence-corrected chi connectivity index (χ2v) is 7.50. The van der Waals surface area contributed by atoms with E-state index < -0.39 is 0 Å². The molecule has 0 fully saturated rings. The van der Waals surface area contributed by atoms with Gasteiger partial charge in [-0.1, -0.05) is 42.5 Å². The second kappa shape index (κ2) is 8.45. The molecular formula is C24H24N2O3. The predicted molar refractivity (Wildman–Crippen MR) is 112 cm³/mol. The minimum Gasteiger partial charge on any atom is -0.489 e. The highest BCUT2D eigenvalue weighted by Crippen LogP contribution is 2.20. The van der Waals surface area contributed by atoms with Crippen molar-refractivity contribution in [2.45, 2.75) is 26.1 Å². The third kappa shape index (κ3) is 4.63. The molecule has 0 saturated heterocycles. The lowest BCUT2D eigenvalue weighted by atomic mass is 9.96. The molecule has 0 bridgehead atoms. The van der Waals surface area contributed by atoms with Gasteiger partial charge in [0.1, 0.15) is 12.4 Å². The van der Waals surface area contributed by atoms with Crippen LogP contribution in [0.15, 0.2) is 71.7 Å². The number of ether oxygens (including phenoxy) is 1. The molecule has 0 atom stereocenters. The number of nitrogens with zero attached hydrogens (tertiary/aromatic N) is 2. The van der Waals surface area contributed by atoms with Crippen LogP contribution in [0.4, 0.5) is 0 Å². The summed E-state index contributed by atoms with van der Waals surface area (Å²) in [5, 5.41) is 0. The summed E-state index contributed by atoms with van der Waals surface area (Å²) in [5.74, 6) is 0.437. The monoisotopic (exact) mass is 388 g/mol. The molecule has 4 rings (SSSR count). The molecule has 5 nitrogen and oxygen atoms in total. The van der Waals surface area contributed by atoms with E-state index in [1.165, 1.54) is 21.8 Å². The Bertz CT molecular complexity index is 1070. The van der Waals surface area contributed by atoms with Crippen LogP contribution >= 0.6 is 0 Å². The summed E-state index contributed by atoms with van der Waals surface area (Å²) >= 11 is 0. The molecule has 148 valence electrons. The van der Waals surface area contributed by atoms with Gasteiger partial charge in [0.05, 0.1) is 6.54 Å². The van der Waals surface area contributed by atoms with Gasteiger partial charge in [0.25, 0.3) is 5.56 Å². The Hall–Kier alpha value is -3.18. The third-order valence-electron chi connectivity index (χ3n) is 5.26. The summed E-state index contributed by atoms with van der Waals surface area (Å²) in [4.78, 5) is 27.4. The highest BCUT2D eigenvalue weighted by Gasteiger charge is 2.16. The molecular weight excluding hydrogens is 364 g/mol. The summed E-state index contributed by atoms with van der Waals surface area (Å²) < 4.78 is 7.11. The van der Waals surface area contributed by atoms with E-state index in [0.29, 0.717) is 17.9 Å². The number of pyridine rings is 1. The molecule has 1 aliphatic rings. The van der Waals surface area contributed by atoms with E-state index in [1.54, 1.807) is 12.3 Å². The zero-order valence-electron chi connectivity index (χ0n) is 16.5. The lowest BCUT2D eigenvalue weighted by Crippen LogP contribution is -2.27. The lowest BCUT2D eigenvalue weighted by molar-refractivity contribution is 0.0970. The Kier molecular flexibility index (Phi) is 5.58. The SMILES string of the molecule is CN1CCc2cc(C(=O)Cn3ccc(OCc4ccccc4)cc3=O)ccc2C1. The number of Topliss-reactive ketones (excluding diaryl/α,β-unsaturated/α-hetero) is 1. The number of aromatic nitrogens is 1. The molecule has 0 amide bonds. The predicted octanol–water partition coefficient (Wildman–Crippen LogP) is 3.30. The van der Waals surface area contributed by atoms with Gasteiger partial charge in [0, 0.05) is 30.9 Å². The molecule has 0 unspecified atom stereocenters. The Labute approximate surface area is 170 Å². The quantitative estimate of drug-likeness (QED) is 0.608. The minimum atomic E-state index is -0.247. The van der Waals surface area contributed by atoms with Crippen molar-refractivity contribution in [1.82, 2.24) is 9.47 Å². The van der Waals surface area contributed by atoms with E-state index in [-0.39, 0.29) is 17.9 Å². The number of ketones is 1. The van der Waals surface area contributed by atoms with Crippen molar-refractivity contribution in [2.75, 3.05) is 13.6 Å². The van der Waals surface area contributed by atoms with Crippen molar-refractivity contribution in [2.24, 2.45) is 0 Å². The Balaban J connectivity index is 1.43. The molecule has 5 heteroatoms. The molecule has 0 aliphatic carbocycles. The summed E-state index contributed by atoms with van der Waals surface area (Å²) in [5.41, 5.74) is 3.94. The van der Waals surface area contributed by atoms with Gasteiger partial charge in [-0.15, -0.1) is 0 Å². The minimum absolute atomic E-state index is 0.0243. The average Bonchev–Trinajstić information content (AvgIpc) is 2.74. The summed E-state index contributed by atoms with van der Waals surface area (Å²) in [6, 6.07) is 18.8. The Morgan fingerprint density at radius 2 is 1.86 bits per heavy atom. The number of fused-ring (bicyclic) bond motifs is 1. The van der Waals surface area contributed by atoms with E-state index in [2.05, 4.69) is 11.9 Å². The molecule has 1 aliphatic heterocycles. The van der Waals surface area contributed by atoms with Crippen molar-refractivity contribution in [3.63, 3.8) is 0 Å². The maximum absolute atomic E-state index is 12.7. The van der Waals surface area contributed by atoms with Crippen LogP contribution in [0.2, 0.25) is 0 Å². The lowest BCUT2D eigenvalue weighted by Gasteiger charge is -2.25. The van der Waals surface area contributed by atoms with Gasteiger partial charge in [-0.2, -0.15) is 0 Å². The highest BCUT2D eigenvalue weighted by molar-refractivity contribution is 5.96. The fraction of sp³-hybridized carbons (Fsp3) is 0.250. The topological polar surface area (TPSA) is 51.5 Å². The van der Waals surface area contributed by atoms with Crippen LogP contribution in [0.1, 0.15) is 27.0 Å². The van der Waals surface area contributed by atoms with Crippen LogP contribution in [0.25, 0.3) is 0 Å². The number of hydrogen-bond donors (Lipinski definition) is 0. The standard InChI is InChI=1S/C24H24N2O3/c1-25-11-9-19-13-20(7-8-21(19)15-25)23(27)16-26-12-10-22(14-24(26)28)29-17-18-5-3-2-4-6-18/h2-8,10,12-14H,9,11,15-17H2,1H3. The third-order valence-corrected chi connectivity index (χ3v) is 5.26. The van der Waals surface area contributed by atoms with Gasteiger partial charge in [-0.25, -0.2) is 0 Å². The fourth-order valence-electron chi connectivity index (χ4n) is 3.56. The maximum atomic E-state index is 12.7. The molecule has 0 radical (unpaired) electrons. The number of likely N-dealkylation sites (N-methyl/N-ethyl adjacent to an activating group) is 1. The van der Waals surface area contributed by atoms with Crippen molar-refractivity contribution >= 4 is 5.78 Å². The van der Waals surface area contributed by atoms with Crippen LogP contribution in [-0.4, -0.2) is 28.8 Å². The summed E-state index contributed by atoms with van der Waals surface area (Å²) in [7, 11) is 2.10. The van der Waals surface area contributed by atoms with Crippen LogP contribution < -0.4 is 10.3 Å². The van der Waals surface area contributed by atoms with Gasteiger partial charge < -0.3 is 14.2 Å². The summed E-state index contributed by atoms with van der Waals surface area (Å²) in [6.07, 6.45) is 2.56. The molecule has 0 N–H and O–H groups in total. The Morgan fingerprint density at radius 1 is 1.03 bits per heavy atom. The van der Waals surface area contributed by atoms with Crippen LogP contribution in [0, 0.1) is 0 Å². The fourth-order valence-corrected chi connectivity index (χ4v) is 3.56. The molecule has 0 saturated carbocycles.